The van der Waals surface area contributed by atoms with Crippen LogP contribution in [0.4, 0.5) is 0 Å². The number of hydrogen-bond acceptors (Lipinski definition) is 3. The molecule has 0 aliphatic carbocycles. The molecule has 2 nitrogen and oxygen atoms in total. The van der Waals surface area contributed by atoms with Gasteiger partial charge in [0.2, 0.25) is 0 Å². The van der Waals surface area contributed by atoms with Crippen LogP contribution in [0, 0.1) is 6.92 Å². The maximum Gasteiger partial charge on any atom is 0.0645 e. The van der Waals surface area contributed by atoms with Crippen molar-refractivity contribution in [2.24, 2.45) is 0 Å². The minimum Gasteiger partial charge on any atom is -0.310 e. The van der Waals surface area contributed by atoms with Crippen LogP contribution in [0.1, 0.15) is 11.1 Å². The highest BCUT2D eigenvalue weighted by Crippen LogP contribution is 2.18. The molecule has 0 amide bonds. The quantitative estimate of drug-likeness (QED) is 0.644. The summed E-state index contributed by atoms with van der Waals surface area (Å²) in [6.45, 7) is 2.09. The third kappa shape index (κ3) is 1.47. The van der Waals surface area contributed by atoms with Crippen molar-refractivity contribution >= 4 is 17.6 Å². The third-order valence-electron chi connectivity index (χ3n) is 1.78. The number of benzene rings is 1. The van der Waals surface area contributed by atoms with E-state index in [1.165, 1.54) is 11.1 Å². The van der Waals surface area contributed by atoms with Gasteiger partial charge in [0.15, 0.2) is 0 Å². The zero-order chi connectivity index (χ0) is 8.39. The van der Waals surface area contributed by atoms with Crippen molar-refractivity contribution in [2.45, 2.75) is 6.92 Å². The second-order valence-electron chi connectivity index (χ2n) is 2.74. The van der Waals surface area contributed by atoms with Gasteiger partial charge in [0.25, 0.3) is 0 Å². The van der Waals surface area contributed by atoms with Crippen LogP contribution in [-0.2, 0) is 0 Å². The first-order valence-electron chi connectivity index (χ1n) is 3.80. The summed E-state index contributed by atoms with van der Waals surface area (Å²) in [6, 6.07) is 8.45. The maximum atomic E-state index is 3.07. The van der Waals surface area contributed by atoms with Crippen molar-refractivity contribution in [3.63, 3.8) is 0 Å². The predicted molar refractivity (Wildman–Crippen MR) is 53.0 cm³/mol. The Morgan fingerprint density at radius 1 is 1.17 bits per heavy atom. The molecule has 0 unspecified atom stereocenters. The fraction of sp³-hybridized carbons (Fsp3) is 0.111. The first kappa shape index (κ1) is 7.71. The molecule has 2 N–H and O–H groups in total. The molecule has 0 radical (unpaired) electrons. The van der Waals surface area contributed by atoms with Crippen LogP contribution in [-0.4, -0.2) is 0 Å². The Morgan fingerprint density at radius 2 is 1.92 bits per heavy atom. The van der Waals surface area contributed by atoms with Gasteiger partial charge < -0.3 is 5.43 Å². The summed E-state index contributed by atoms with van der Waals surface area (Å²) >= 11 is 1.56. The van der Waals surface area contributed by atoms with Crippen molar-refractivity contribution in [3.05, 3.63) is 40.8 Å². The molecule has 12 heavy (non-hydrogen) atoms. The molecule has 0 atom stereocenters. The van der Waals surface area contributed by atoms with E-state index in [-0.39, 0.29) is 0 Å². The van der Waals surface area contributed by atoms with Gasteiger partial charge in [-0.05, 0) is 24.4 Å². The summed E-state index contributed by atoms with van der Waals surface area (Å²) in [4.78, 5) is 2.96. The lowest BCUT2D eigenvalue weighted by Crippen LogP contribution is -2.17. The molecule has 1 aliphatic heterocycles. The first-order chi connectivity index (χ1) is 5.86. The molecule has 1 aliphatic rings. The minimum atomic E-state index is 1.14. The van der Waals surface area contributed by atoms with Gasteiger partial charge in [0.05, 0.1) is 5.70 Å². The Morgan fingerprint density at radius 3 is 2.50 bits per heavy atom. The van der Waals surface area contributed by atoms with Crippen LogP contribution in [0.25, 0.3) is 5.70 Å². The largest absolute Gasteiger partial charge is 0.310 e. The van der Waals surface area contributed by atoms with Gasteiger partial charge in [0.1, 0.15) is 0 Å². The average Bonchev–Trinajstić information content (AvgIpc) is 2.58. The molecule has 0 saturated carbocycles. The molecule has 1 aromatic rings. The molecule has 0 bridgehead atoms. The normalized spacial score (nSPS) is 15.6. The molecule has 62 valence electrons. The molecule has 0 fully saturated rings. The molecule has 0 aromatic heterocycles. The van der Waals surface area contributed by atoms with E-state index in [1.807, 2.05) is 0 Å². The molecular weight excluding hydrogens is 168 g/mol. The Kier molecular flexibility index (Phi) is 2.06. The van der Waals surface area contributed by atoms with Gasteiger partial charge in [-0.2, -0.15) is 4.83 Å². The smallest absolute Gasteiger partial charge is 0.0645 e. The molecule has 0 spiro atoms. The van der Waals surface area contributed by atoms with Gasteiger partial charge in [-0.15, -0.1) is 0 Å². The zero-order valence-electron chi connectivity index (χ0n) is 6.79. The number of hydrazine groups is 1. The molecule has 3 heteroatoms. The lowest BCUT2D eigenvalue weighted by atomic mass is 10.1. The standard InChI is InChI=1S/C9H10N2S/c1-7-2-4-8(5-3-7)9-6-12-11-10-9/h2-6,10-11H,1H3. The van der Waals surface area contributed by atoms with Crippen LogP contribution < -0.4 is 10.3 Å². The van der Waals surface area contributed by atoms with Crippen LogP contribution in [0.3, 0.4) is 0 Å². The summed E-state index contributed by atoms with van der Waals surface area (Å²) in [5, 5.41) is 2.06. The molecule has 1 aromatic carbocycles. The SMILES string of the molecule is Cc1ccc(C2=CSNN2)cc1. The van der Waals surface area contributed by atoms with Crippen molar-refractivity contribution in [3.8, 4) is 0 Å². The van der Waals surface area contributed by atoms with Crippen LogP contribution in [0.15, 0.2) is 29.7 Å². The van der Waals surface area contributed by atoms with Crippen molar-refractivity contribution in [2.75, 3.05) is 0 Å². The summed E-state index contributed by atoms with van der Waals surface area (Å²) in [7, 11) is 0. The van der Waals surface area contributed by atoms with Gasteiger partial charge in [-0.25, -0.2) is 0 Å². The van der Waals surface area contributed by atoms with E-state index in [2.05, 4.69) is 46.9 Å². The Labute approximate surface area is 76.2 Å². The highest BCUT2D eigenvalue weighted by atomic mass is 32.2. The molecule has 1 heterocycles. The second-order valence-corrected chi connectivity index (χ2v) is 3.42. The number of nitrogens with one attached hydrogen (secondary N) is 2. The Hall–Kier alpha value is -0.930. The second kappa shape index (κ2) is 3.21. The molecule has 0 saturated heterocycles. The Bertz CT molecular complexity index is 303. The van der Waals surface area contributed by atoms with Crippen molar-refractivity contribution in [1.29, 1.82) is 0 Å². The zero-order valence-corrected chi connectivity index (χ0v) is 7.61. The minimum absolute atomic E-state index is 1.14. The summed E-state index contributed by atoms with van der Waals surface area (Å²) < 4.78 is 0. The van der Waals surface area contributed by atoms with Gasteiger partial charge in [-0.3, -0.25) is 0 Å². The Balaban J connectivity index is 2.28. The fourth-order valence-electron chi connectivity index (χ4n) is 1.08. The number of hydrogen-bond donors (Lipinski definition) is 2. The topological polar surface area (TPSA) is 24.1 Å². The van der Waals surface area contributed by atoms with Crippen LogP contribution in [0.5, 0.6) is 0 Å². The van der Waals surface area contributed by atoms with E-state index < -0.39 is 0 Å². The van der Waals surface area contributed by atoms with Crippen LogP contribution in [0.2, 0.25) is 0 Å². The average molecular weight is 178 g/mol. The van der Waals surface area contributed by atoms with E-state index in [1.54, 1.807) is 11.9 Å². The summed E-state index contributed by atoms with van der Waals surface area (Å²) in [5.74, 6) is 0. The maximum absolute atomic E-state index is 3.07. The molecule has 2 rings (SSSR count). The van der Waals surface area contributed by atoms with E-state index in [4.69, 9.17) is 0 Å². The van der Waals surface area contributed by atoms with Crippen LogP contribution >= 0.6 is 11.9 Å². The monoisotopic (exact) mass is 178 g/mol. The van der Waals surface area contributed by atoms with Gasteiger partial charge >= 0.3 is 0 Å². The van der Waals surface area contributed by atoms with E-state index >= 15 is 0 Å². The van der Waals surface area contributed by atoms with E-state index in [0.29, 0.717) is 0 Å². The third-order valence-corrected chi connectivity index (χ3v) is 2.36. The lowest BCUT2D eigenvalue weighted by molar-refractivity contribution is 0.917. The highest BCUT2D eigenvalue weighted by Gasteiger charge is 2.04. The van der Waals surface area contributed by atoms with Gasteiger partial charge in [0, 0.05) is 5.41 Å². The number of rotatable bonds is 1. The summed E-state index contributed by atoms with van der Waals surface area (Å²) in [5.41, 5.74) is 6.72. The van der Waals surface area contributed by atoms with Crippen molar-refractivity contribution in [1.82, 2.24) is 10.3 Å². The van der Waals surface area contributed by atoms with Crippen molar-refractivity contribution < 1.29 is 0 Å². The first-order valence-corrected chi connectivity index (χ1v) is 4.68. The highest BCUT2D eigenvalue weighted by molar-refractivity contribution is 8.00. The van der Waals surface area contributed by atoms with Gasteiger partial charge in [-0.1, -0.05) is 29.8 Å². The predicted octanol–water partition coefficient (Wildman–Crippen LogP) is 2.05. The molecular formula is C9H10N2S. The lowest BCUT2D eigenvalue weighted by Gasteiger charge is -2.02. The number of aryl methyl sites for hydroxylation is 1. The summed E-state index contributed by atoms with van der Waals surface area (Å²) in [6.07, 6.45) is 0. The van der Waals surface area contributed by atoms with E-state index in [0.717, 1.165) is 5.70 Å². The fourth-order valence-corrected chi connectivity index (χ4v) is 1.62. The van der Waals surface area contributed by atoms with E-state index in [9.17, 15) is 0 Å².